The van der Waals surface area contributed by atoms with E-state index in [0.717, 1.165) is 48.5 Å². The van der Waals surface area contributed by atoms with Crippen molar-refractivity contribution in [3.05, 3.63) is 59.0 Å². The summed E-state index contributed by atoms with van der Waals surface area (Å²) in [5.74, 6) is 0. The van der Waals surface area contributed by atoms with Gasteiger partial charge in [-0.05, 0) is 50.2 Å². The Labute approximate surface area is 148 Å². The van der Waals surface area contributed by atoms with Gasteiger partial charge in [0.25, 0.3) is 0 Å². The number of H-pyrrole nitrogens is 2. The van der Waals surface area contributed by atoms with Gasteiger partial charge in [0, 0.05) is 37.7 Å². The number of halogens is 1. The molecule has 0 aliphatic carbocycles. The van der Waals surface area contributed by atoms with Gasteiger partial charge in [-0.15, -0.1) is 0 Å². The molecule has 4 aromatic rings. The number of hydrogen-bond acceptors (Lipinski definition) is 3. The first-order valence-electron chi connectivity index (χ1n) is 7.55. The summed E-state index contributed by atoms with van der Waals surface area (Å²) in [7, 11) is 0. The summed E-state index contributed by atoms with van der Waals surface area (Å²) in [5, 5.41) is 9.23. The van der Waals surface area contributed by atoms with Crippen LogP contribution in [-0.2, 0) is 0 Å². The lowest BCUT2D eigenvalue weighted by Crippen LogP contribution is -1.85. The average Bonchev–Trinajstić information content (AvgIpc) is 3.10. The van der Waals surface area contributed by atoms with Crippen molar-refractivity contribution < 1.29 is 0 Å². The van der Waals surface area contributed by atoms with E-state index in [2.05, 4.69) is 26.2 Å². The Morgan fingerprint density at radius 1 is 1.08 bits per heavy atom. The van der Waals surface area contributed by atoms with E-state index in [-0.39, 0.29) is 0 Å². The maximum atomic E-state index is 6.00. The first kappa shape index (κ1) is 15.3. The molecule has 0 unspecified atom stereocenters. The van der Waals surface area contributed by atoms with Gasteiger partial charge in [-0.25, -0.2) is 4.98 Å². The largest absolute Gasteiger partial charge is 0.338 e. The summed E-state index contributed by atoms with van der Waals surface area (Å²) in [5.41, 5.74) is 5.04. The first-order valence-corrected chi connectivity index (χ1v) is 8.75. The third kappa shape index (κ3) is 2.60. The molecule has 0 saturated carbocycles. The molecule has 0 fully saturated rings. The molecule has 4 nitrogen and oxygen atoms in total. The predicted octanol–water partition coefficient (Wildman–Crippen LogP) is 5.37. The fourth-order valence-electron chi connectivity index (χ4n) is 2.82. The Morgan fingerprint density at radius 3 is 2.58 bits per heavy atom. The summed E-state index contributed by atoms with van der Waals surface area (Å²) >= 11 is 7.71. The van der Waals surface area contributed by atoms with E-state index in [1.165, 1.54) is 0 Å². The van der Waals surface area contributed by atoms with Crippen LogP contribution in [0.25, 0.3) is 22.3 Å². The van der Waals surface area contributed by atoms with Crippen LogP contribution in [-0.4, -0.2) is 20.2 Å². The lowest BCUT2D eigenvalue weighted by Gasteiger charge is -2.06. The monoisotopic (exact) mass is 354 g/mol. The molecule has 1 aromatic carbocycles. The lowest BCUT2D eigenvalue weighted by molar-refractivity contribution is 1.02. The molecule has 6 heteroatoms. The van der Waals surface area contributed by atoms with Crippen molar-refractivity contribution in [1.82, 2.24) is 20.2 Å². The van der Waals surface area contributed by atoms with Crippen LogP contribution < -0.4 is 0 Å². The summed E-state index contributed by atoms with van der Waals surface area (Å²) in [6.45, 7) is 4.04. The van der Waals surface area contributed by atoms with Crippen LogP contribution in [0.15, 0.2) is 52.4 Å². The Bertz CT molecular complexity index is 998. The van der Waals surface area contributed by atoms with E-state index >= 15 is 0 Å². The molecule has 3 aromatic heterocycles. The van der Waals surface area contributed by atoms with Crippen LogP contribution in [0.4, 0.5) is 0 Å². The van der Waals surface area contributed by atoms with Crippen molar-refractivity contribution in [2.75, 3.05) is 0 Å². The Kier molecular flexibility index (Phi) is 3.82. The van der Waals surface area contributed by atoms with Gasteiger partial charge in [0.05, 0.1) is 11.4 Å². The van der Waals surface area contributed by atoms with Gasteiger partial charge in [0.1, 0.15) is 5.65 Å². The number of aromatic amines is 2. The van der Waals surface area contributed by atoms with Crippen molar-refractivity contribution in [2.24, 2.45) is 0 Å². The third-order valence-corrected chi connectivity index (χ3v) is 5.32. The number of pyridine rings is 1. The van der Waals surface area contributed by atoms with Crippen LogP contribution in [0.1, 0.15) is 11.4 Å². The Hall–Kier alpha value is -2.24. The second-order valence-electron chi connectivity index (χ2n) is 5.59. The van der Waals surface area contributed by atoms with E-state index in [0.29, 0.717) is 0 Å². The maximum Gasteiger partial charge on any atom is 0.138 e. The molecular formula is C18H15ClN4S. The molecule has 4 rings (SSSR count). The van der Waals surface area contributed by atoms with E-state index in [4.69, 9.17) is 11.6 Å². The minimum Gasteiger partial charge on any atom is -0.338 e. The average molecular weight is 355 g/mol. The quantitative estimate of drug-likeness (QED) is 0.519. The lowest BCUT2D eigenvalue weighted by atomic mass is 10.1. The van der Waals surface area contributed by atoms with Crippen LogP contribution in [0.5, 0.6) is 0 Å². The highest BCUT2D eigenvalue weighted by Crippen LogP contribution is 2.42. The summed E-state index contributed by atoms with van der Waals surface area (Å²) in [4.78, 5) is 10.2. The predicted molar refractivity (Wildman–Crippen MR) is 98.7 cm³/mol. The molecule has 3 heterocycles. The topological polar surface area (TPSA) is 57.4 Å². The summed E-state index contributed by atoms with van der Waals surface area (Å²) in [6.07, 6.45) is 1.80. The molecule has 0 aliphatic heterocycles. The van der Waals surface area contributed by atoms with Gasteiger partial charge >= 0.3 is 0 Å². The second-order valence-corrected chi connectivity index (χ2v) is 7.11. The normalized spacial score (nSPS) is 11.3. The van der Waals surface area contributed by atoms with Gasteiger partial charge in [0.2, 0.25) is 0 Å². The van der Waals surface area contributed by atoms with E-state index in [1.807, 2.05) is 44.2 Å². The molecule has 0 radical (unpaired) electrons. The number of nitrogens with zero attached hydrogens (tertiary/aromatic N) is 2. The molecule has 0 spiro atoms. The summed E-state index contributed by atoms with van der Waals surface area (Å²) < 4.78 is 0. The minimum atomic E-state index is 0.738. The SMILES string of the molecule is Cc1n[nH]c(C)c1-c1[nH]c2ncccc2c1Sc1ccc(Cl)cc1. The Morgan fingerprint density at radius 2 is 1.88 bits per heavy atom. The van der Waals surface area contributed by atoms with Crippen LogP contribution in [0, 0.1) is 13.8 Å². The molecule has 0 bridgehead atoms. The number of benzene rings is 1. The summed E-state index contributed by atoms with van der Waals surface area (Å²) in [6, 6.07) is 11.9. The van der Waals surface area contributed by atoms with Crippen molar-refractivity contribution in [3.8, 4) is 11.3 Å². The number of aromatic nitrogens is 4. The van der Waals surface area contributed by atoms with Crippen LogP contribution >= 0.6 is 23.4 Å². The zero-order valence-electron chi connectivity index (χ0n) is 13.2. The molecule has 24 heavy (non-hydrogen) atoms. The Balaban J connectivity index is 1.92. The van der Waals surface area contributed by atoms with Crippen LogP contribution in [0.2, 0.25) is 5.02 Å². The number of fused-ring (bicyclic) bond motifs is 1. The van der Waals surface area contributed by atoms with Crippen molar-refractivity contribution >= 4 is 34.4 Å². The molecule has 0 atom stereocenters. The van der Waals surface area contributed by atoms with Crippen molar-refractivity contribution in [2.45, 2.75) is 23.6 Å². The van der Waals surface area contributed by atoms with Gasteiger partial charge in [-0.3, -0.25) is 5.10 Å². The fourth-order valence-corrected chi connectivity index (χ4v) is 3.98. The van der Waals surface area contributed by atoms with Gasteiger partial charge in [0.15, 0.2) is 0 Å². The molecule has 2 N–H and O–H groups in total. The number of hydrogen-bond donors (Lipinski definition) is 2. The van der Waals surface area contributed by atoms with E-state index in [9.17, 15) is 0 Å². The second kappa shape index (κ2) is 6.00. The third-order valence-electron chi connectivity index (χ3n) is 3.93. The standard InChI is InChI=1S/C18H15ClN4S/c1-10-15(11(2)23-22-10)16-17(14-4-3-9-20-18(14)21-16)24-13-7-5-12(19)6-8-13/h3-9H,1-2H3,(H,20,21)(H,22,23). The zero-order chi connectivity index (χ0) is 16.7. The molecule has 0 amide bonds. The maximum absolute atomic E-state index is 6.00. The number of nitrogens with one attached hydrogen (secondary N) is 2. The first-order chi connectivity index (χ1) is 11.6. The number of aryl methyl sites for hydroxylation is 2. The minimum absolute atomic E-state index is 0.738. The van der Waals surface area contributed by atoms with Gasteiger partial charge in [-0.2, -0.15) is 5.10 Å². The van der Waals surface area contributed by atoms with Gasteiger partial charge < -0.3 is 4.98 Å². The zero-order valence-corrected chi connectivity index (χ0v) is 14.8. The van der Waals surface area contributed by atoms with E-state index < -0.39 is 0 Å². The highest BCUT2D eigenvalue weighted by molar-refractivity contribution is 7.99. The van der Waals surface area contributed by atoms with Crippen LogP contribution in [0.3, 0.4) is 0 Å². The molecule has 0 saturated heterocycles. The smallest absolute Gasteiger partial charge is 0.138 e. The number of rotatable bonds is 3. The highest BCUT2D eigenvalue weighted by Gasteiger charge is 2.19. The highest BCUT2D eigenvalue weighted by atomic mass is 35.5. The molecular weight excluding hydrogens is 340 g/mol. The molecule has 120 valence electrons. The van der Waals surface area contributed by atoms with Crippen molar-refractivity contribution in [1.29, 1.82) is 0 Å². The van der Waals surface area contributed by atoms with E-state index in [1.54, 1.807) is 18.0 Å². The fraction of sp³-hybridized carbons (Fsp3) is 0.111. The van der Waals surface area contributed by atoms with Crippen molar-refractivity contribution in [3.63, 3.8) is 0 Å². The molecule has 0 aliphatic rings. The van der Waals surface area contributed by atoms with Gasteiger partial charge in [-0.1, -0.05) is 23.4 Å².